The van der Waals surface area contributed by atoms with Crippen LogP contribution in [0.1, 0.15) is 0 Å². The van der Waals surface area contributed by atoms with Gasteiger partial charge in [0.25, 0.3) is 11.6 Å². The molecule has 0 saturated carbocycles. The van der Waals surface area contributed by atoms with E-state index in [1.807, 2.05) is 42.7 Å². The van der Waals surface area contributed by atoms with Crippen LogP contribution in [-0.2, 0) is 11.3 Å². The Balaban J connectivity index is 1.74. The highest BCUT2D eigenvalue weighted by atomic mass is 35.5. The minimum atomic E-state index is -0.539. The van der Waals surface area contributed by atoms with Gasteiger partial charge in [-0.05, 0) is 17.5 Å². The number of nitrogens with zero attached hydrogens (tertiary/aromatic N) is 2. The molecule has 1 amide bonds. The molecule has 0 spiro atoms. The van der Waals surface area contributed by atoms with Crippen molar-refractivity contribution in [3.05, 3.63) is 76.1 Å². The third-order valence-electron chi connectivity index (χ3n) is 3.51. The molecule has 0 atom stereocenters. The van der Waals surface area contributed by atoms with E-state index >= 15 is 0 Å². The third kappa shape index (κ3) is 3.49. The zero-order valence-electron chi connectivity index (χ0n) is 12.5. The van der Waals surface area contributed by atoms with Crippen molar-refractivity contribution < 1.29 is 14.3 Å². The van der Waals surface area contributed by atoms with Gasteiger partial charge in [-0.1, -0.05) is 29.8 Å². The van der Waals surface area contributed by atoms with Crippen molar-refractivity contribution in [2.75, 3.05) is 5.32 Å². The molecule has 0 radical (unpaired) electrons. The maximum absolute atomic E-state index is 12.2. The van der Waals surface area contributed by atoms with E-state index in [1.165, 1.54) is 18.2 Å². The topological polar surface area (TPSA) is 76.1 Å². The summed E-state index contributed by atoms with van der Waals surface area (Å²) in [5.41, 5.74) is 0.218. The summed E-state index contributed by atoms with van der Waals surface area (Å²) in [4.78, 5) is 22.3. The highest BCUT2D eigenvalue weighted by Gasteiger charge is 2.14. The molecule has 0 fully saturated rings. The van der Waals surface area contributed by atoms with Crippen LogP contribution in [-0.4, -0.2) is 10.8 Å². The van der Waals surface area contributed by atoms with Crippen LogP contribution < -0.4 is 9.88 Å². The minimum Gasteiger partial charge on any atom is -0.319 e. The fourth-order valence-corrected chi connectivity index (χ4v) is 2.57. The van der Waals surface area contributed by atoms with Crippen LogP contribution in [0.5, 0.6) is 0 Å². The second-order valence-corrected chi connectivity index (χ2v) is 5.62. The highest BCUT2D eigenvalue weighted by molar-refractivity contribution is 6.33. The van der Waals surface area contributed by atoms with Crippen molar-refractivity contribution in [1.29, 1.82) is 0 Å². The van der Waals surface area contributed by atoms with Crippen molar-refractivity contribution in [3.8, 4) is 0 Å². The van der Waals surface area contributed by atoms with Gasteiger partial charge in [-0.25, -0.2) is 0 Å². The Labute approximate surface area is 142 Å². The monoisotopic (exact) mass is 342 g/mol. The first-order valence-corrected chi connectivity index (χ1v) is 7.52. The summed E-state index contributed by atoms with van der Waals surface area (Å²) >= 11 is 5.97. The normalized spacial score (nSPS) is 10.5. The van der Waals surface area contributed by atoms with Gasteiger partial charge in [-0.2, -0.15) is 4.57 Å². The first-order valence-electron chi connectivity index (χ1n) is 7.14. The molecule has 7 heteroatoms. The second kappa shape index (κ2) is 6.64. The molecule has 120 valence electrons. The van der Waals surface area contributed by atoms with E-state index in [0.29, 0.717) is 5.69 Å². The molecule has 1 heterocycles. The minimum absolute atomic E-state index is 0.109. The maximum atomic E-state index is 12.2. The number of benzene rings is 2. The summed E-state index contributed by atoms with van der Waals surface area (Å²) in [6.07, 6.45) is 3.70. The van der Waals surface area contributed by atoms with Crippen LogP contribution in [0.15, 0.2) is 60.9 Å². The van der Waals surface area contributed by atoms with Crippen molar-refractivity contribution in [3.63, 3.8) is 0 Å². The molecular formula is C17H13ClN3O3+. The number of nitro benzene ring substituents is 1. The Kier molecular flexibility index (Phi) is 4.39. The van der Waals surface area contributed by atoms with Crippen molar-refractivity contribution in [1.82, 2.24) is 0 Å². The number of carbonyl (C=O) groups excluding carboxylic acids is 1. The molecule has 3 aromatic rings. The Morgan fingerprint density at radius 3 is 2.62 bits per heavy atom. The van der Waals surface area contributed by atoms with Crippen LogP contribution in [0.2, 0.25) is 5.02 Å². The summed E-state index contributed by atoms with van der Waals surface area (Å²) in [6.45, 7) is 0.109. The molecule has 0 aliphatic carbocycles. The smallest absolute Gasteiger partial charge is 0.290 e. The first kappa shape index (κ1) is 15.9. The number of rotatable bonds is 4. The molecule has 1 N–H and O–H groups in total. The molecule has 24 heavy (non-hydrogen) atoms. The van der Waals surface area contributed by atoms with Crippen LogP contribution in [0.25, 0.3) is 10.8 Å². The van der Waals surface area contributed by atoms with Crippen LogP contribution in [0.4, 0.5) is 11.4 Å². The lowest BCUT2D eigenvalue weighted by Gasteiger charge is -2.05. The fraction of sp³-hybridized carbons (Fsp3) is 0.0588. The van der Waals surface area contributed by atoms with E-state index in [9.17, 15) is 14.9 Å². The molecule has 6 nitrogen and oxygen atoms in total. The molecule has 0 aliphatic rings. The van der Waals surface area contributed by atoms with Gasteiger partial charge < -0.3 is 5.32 Å². The molecule has 0 unspecified atom stereocenters. The number of hydrogen-bond acceptors (Lipinski definition) is 3. The number of pyridine rings is 1. The van der Waals surface area contributed by atoms with Crippen molar-refractivity contribution in [2.24, 2.45) is 0 Å². The summed E-state index contributed by atoms with van der Waals surface area (Å²) in [7, 11) is 0. The third-order valence-corrected chi connectivity index (χ3v) is 3.82. The second-order valence-electron chi connectivity index (χ2n) is 5.22. The fourth-order valence-electron chi connectivity index (χ4n) is 2.35. The molecule has 3 rings (SSSR count). The zero-order valence-corrected chi connectivity index (χ0v) is 13.2. The van der Waals surface area contributed by atoms with E-state index in [0.717, 1.165) is 10.8 Å². The number of fused-ring (bicyclic) bond motifs is 1. The number of nitro groups is 1. The predicted molar refractivity (Wildman–Crippen MR) is 90.9 cm³/mol. The number of carbonyl (C=O) groups is 1. The highest BCUT2D eigenvalue weighted by Crippen LogP contribution is 2.26. The Morgan fingerprint density at radius 1 is 1.17 bits per heavy atom. The molecule has 0 aliphatic heterocycles. The molecular weight excluding hydrogens is 330 g/mol. The van der Waals surface area contributed by atoms with Gasteiger partial charge in [-0.15, -0.1) is 0 Å². The SMILES string of the molecule is O=C(C[n+]1ccc2ccccc2c1)Nc1ccc([N+](=O)[O-])cc1Cl. The van der Waals surface area contributed by atoms with Crippen LogP contribution in [0, 0.1) is 10.1 Å². The maximum Gasteiger partial charge on any atom is 0.290 e. The Morgan fingerprint density at radius 2 is 1.92 bits per heavy atom. The van der Waals surface area contributed by atoms with Gasteiger partial charge in [0.2, 0.25) is 6.54 Å². The van der Waals surface area contributed by atoms with E-state index in [1.54, 1.807) is 4.57 Å². The Hall–Kier alpha value is -2.99. The molecule has 2 aromatic carbocycles. The molecule has 0 saturated heterocycles. The van der Waals surface area contributed by atoms with Gasteiger partial charge in [-0.3, -0.25) is 14.9 Å². The van der Waals surface area contributed by atoms with Crippen LogP contribution >= 0.6 is 11.6 Å². The quantitative estimate of drug-likeness (QED) is 0.449. The van der Waals surface area contributed by atoms with Gasteiger partial charge in [0.1, 0.15) is 0 Å². The van der Waals surface area contributed by atoms with E-state index in [2.05, 4.69) is 5.32 Å². The van der Waals surface area contributed by atoms with Crippen molar-refractivity contribution in [2.45, 2.75) is 6.54 Å². The van der Waals surface area contributed by atoms with E-state index < -0.39 is 4.92 Å². The lowest BCUT2D eigenvalue weighted by atomic mass is 10.2. The predicted octanol–water partition coefficient (Wildman–Crippen LogP) is 3.33. The summed E-state index contributed by atoms with van der Waals surface area (Å²) in [5.74, 6) is -0.272. The first-order chi connectivity index (χ1) is 11.5. The van der Waals surface area contributed by atoms with Gasteiger partial charge >= 0.3 is 0 Å². The average Bonchev–Trinajstić information content (AvgIpc) is 2.56. The number of nitrogens with one attached hydrogen (secondary N) is 1. The zero-order chi connectivity index (χ0) is 17.1. The number of amides is 1. The Bertz CT molecular complexity index is 943. The van der Waals surface area contributed by atoms with Crippen molar-refractivity contribution >= 4 is 39.7 Å². The summed E-state index contributed by atoms with van der Waals surface area (Å²) in [6, 6.07) is 13.7. The lowest BCUT2D eigenvalue weighted by molar-refractivity contribution is -0.682. The average molecular weight is 343 g/mol. The number of aromatic nitrogens is 1. The molecule has 0 bridgehead atoms. The van der Waals surface area contributed by atoms with Crippen LogP contribution in [0.3, 0.4) is 0 Å². The summed E-state index contributed by atoms with van der Waals surface area (Å²) in [5, 5.41) is 15.6. The standard InChI is InChI=1S/C17H12ClN3O3/c18-15-9-14(21(23)24)5-6-16(15)19-17(22)11-20-8-7-12-3-1-2-4-13(12)10-20/h1-10H,11H2/p+1. The van der Waals surface area contributed by atoms with E-state index in [4.69, 9.17) is 11.6 Å². The summed E-state index contributed by atoms with van der Waals surface area (Å²) < 4.78 is 1.76. The lowest BCUT2D eigenvalue weighted by Crippen LogP contribution is -2.39. The number of hydrogen-bond donors (Lipinski definition) is 1. The molecule has 1 aromatic heterocycles. The van der Waals surface area contributed by atoms with Gasteiger partial charge in [0, 0.05) is 23.6 Å². The van der Waals surface area contributed by atoms with E-state index in [-0.39, 0.29) is 23.2 Å². The largest absolute Gasteiger partial charge is 0.319 e. The number of non-ortho nitro benzene ring substituents is 1. The van der Waals surface area contributed by atoms with Gasteiger partial charge in [0.15, 0.2) is 12.4 Å². The number of halogens is 1. The number of anilines is 1. The van der Waals surface area contributed by atoms with Gasteiger partial charge in [0.05, 0.1) is 15.6 Å².